The fourth-order valence-corrected chi connectivity index (χ4v) is 2.18. The summed E-state index contributed by atoms with van der Waals surface area (Å²) in [5.74, 6) is -3.29. The van der Waals surface area contributed by atoms with Crippen molar-refractivity contribution < 1.29 is 17.2 Å². The molecular weight excluding hydrogens is 311 g/mol. The van der Waals surface area contributed by atoms with Crippen LogP contribution in [-0.2, 0) is 10.0 Å². The molecule has 0 radical (unpaired) electrons. The zero-order valence-electron chi connectivity index (χ0n) is 8.94. The second kappa shape index (κ2) is 6.58. The molecular formula is C8H11Cl2F2N3O2S. The number of aromatic nitrogens is 1. The summed E-state index contributed by atoms with van der Waals surface area (Å²) < 4.78 is 50.4. The maximum Gasteiger partial charge on any atom is 0.273 e. The van der Waals surface area contributed by atoms with E-state index in [0.717, 1.165) is 12.3 Å². The van der Waals surface area contributed by atoms with Crippen LogP contribution >= 0.6 is 24.0 Å². The van der Waals surface area contributed by atoms with Crippen LogP contribution in [0.5, 0.6) is 0 Å². The van der Waals surface area contributed by atoms with Gasteiger partial charge in [-0.15, -0.1) is 12.4 Å². The summed E-state index contributed by atoms with van der Waals surface area (Å²) in [6.07, 6.45) is 2.24. The van der Waals surface area contributed by atoms with Crippen molar-refractivity contribution in [2.24, 2.45) is 5.73 Å². The van der Waals surface area contributed by atoms with E-state index in [1.165, 1.54) is 6.20 Å². The van der Waals surface area contributed by atoms with E-state index in [1.807, 2.05) is 0 Å². The molecule has 0 unspecified atom stereocenters. The number of nitrogens with two attached hydrogens (primary N) is 1. The maximum atomic E-state index is 12.8. The third kappa shape index (κ3) is 4.99. The van der Waals surface area contributed by atoms with Crippen LogP contribution in [0.2, 0.25) is 5.02 Å². The van der Waals surface area contributed by atoms with Gasteiger partial charge in [-0.25, -0.2) is 21.9 Å². The first-order chi connectivity index (χ1) is 7.77. The largest absolute Gasteiger partial charge is 0.325 e. The maximum absolute atomic E-state index is 12.8. The van der Waals surface area contributed by atoms with E-state index in [4.69, 9.17) is 17.3 Å². The molecule has 1 aromatic heterocycles. The molecule has 1 heterocycles. The molecule has 5 nitrogen and oxygen atoms in total. The van der Waals surface area contributed by atoms with Gasteiger partial charge in [0, 0.05) is 12.4 Å². The smallest absolute Gasteiger partial charge is 0.273 e. The minimum Gasteiger partial charge on any atom is -0.325 e. The molecule has 104 valence electrons. The Morgan fingerprint density at radius 3 is 2.56 bits per heavy atom. The molecule has 0 atom stereocenters. The molecule has 0 aliphatic heterocycles. The lowest BCUT2D eigenvalue weighted by Gasteiger charge is -2.14. The lowest BCUT2D eigenvalue weighted by molar-refractivity contribution is 0.0170. The van der Waals surface area contributed by atoms with Crippen LogP contribution in [0.3, 0.4) is 0 Å². The highest BCUT2D eigenvalue weighted by Gasteiger charge is 2.29. The van der Waals surface area contributed by atoms with Gasteiger partial charge in [-0.1, -0.05) is 11.6 Å². The molecule has 0 saturated heterocycles. The first-order valence-electron chi connectivity index (χ1n) is 4.45. The fraction of sp³-hybridized carbons (Fsp3) is 0.375. The molecule has 0 aliphatic rings. The number of sulfonamides is 1. The van der Waals surface area contributed by atoms with Crippen LogP contribution in [0.15, 0.2) is 23.4 Å². The molecule has 0 spiro atoms. The predicted molar refractivity (Wildman–Crippen MR) is 65.7 cm³/mol. The number of alkyl halides is 2. The lowest BCUT2D eigenvalue weighted by atomic mass is 10.3. The first kappa shape index (κ1) is 17.5. The van der Waals surface area contributed by atoms with Gasteiger partial charge in [-0.2, -0.15) is 0 Å². The van der Waals surface area contributed by atoms with Crippen molar-refractivity contribution in [3.05, 3.63) is 23.5 Å². The highest BCUT2D eigenvalue weighted by atomic mass is 35.5. The standard InChI is InChI=1S/C8H10ClF2N3O2S.ClH/c9-6-1-7(3-13-2-6)17(15,16)14-5-8(10,11)4-12;/h1-3,14H,4-5,12H2;1H. The number of pyridine rings is 1. The van der Waals surface area contributed by atoms with Crippen molar-refractivity contribution in [1.82, 2.24) is 9.71 Å². The second-order valence-electron chi connectivity index (χ2n) is 3.22. The Morgan fingerprint density at radius 2 is 2.06 bits per heavy atom. The van der Waals surface area contributed by atoms with E-state index < -0.39 is 29.0 Å². The molecule has 18 heavy (non-hydrogen) atoms. The molecule has 0 bridgehead atoms. The average Bonchev–Trinajstić information content (AvgIpc) is 2.27. The number of nitrogens with one attached hydrogen (secondary N) is 1. The summed E-state index contributed by atoms with van der Waals surface area (Å²) in [6, 6.07) is 1.11. The highest BCUT2D eigenvalue weighted by Crippen LogP contribution is 2.15. The number of hydrogen-bond donors (Lipinski definition) is 2. The van der Waals surface area contributed by atoms with Gasteiger partial charge in [0.25, 0.3) is 5.92 Å². The van der Waals surface area contributed by atoms with E-state index in [1.54, 1.807) is 4.72 Å². The molecule has 0 amide bonds. The Morgan fingerprint density at radius 1 is 1.44 bits per heavy atom. The van der Waals surface area contributed by atoms with Gasteiger partial charge in [-0.05, 0) is 6.07 Å². The lowest BCUT2D eigenvalue weighted by Crippen LogP contribution is -2.41. The minimum absolute atomic E-state index is 0. The van der Waals surface area contributed by atoms with Gasteiger partial charge < -0.3 is 5.73 Å². The van der Waals surface area contributed by atoms with E-state index in [2.05, 4.69) is 4.98 Å². The highest BCUT2D eigenvalue weighted by molar-refractivity contribution is 7.89. The number of halogens is 4. The zero-order valence-corrected chi connectivity index (χ0v) is 11.3. The van der Waals surface area contributed by atoms with Crippen molar-refractivity contribution in [2.75, 3.05) is 13.1 Å². The van der Waals surface area contributed by atoms with Crippen LogP contribution in [-0.4, -0.2) is 32.4 Å². The summed E-state index contributed by atoms with van der Waals surface area (Å²) in [5.41, 5.74) is 4.78. The minimum atomic E-state index is -4.06. The summed E-state index contributed by atoms with van der Waals surface area (Å²) >= 11 is 5.55. The Balaban J connectivity index is 0.00000289. The van der Waals surface area contributed by atoms with Gasteiger partial charge in [0.15, 0.2) is 0 Å². The zero-order chi connectivity index (χ0) is 13.1. The van der Waals surface area contributed by atoms with Crippen LogP contribution in [0, 0.1) is 0 Å². The van der Waals surface area contributed by atoms with Crippen LogP contribution in [0.25, 0.3) is 0 Å². The van der Waals surface area contributed by atoms with Crippen molar-refractivity contribution in [2.45, 2.75) is 10.8 Å². The van der Waals surface area contributed by atoms with Gasteiger partial charge in [-0.3, -0.25) is 4.98 Å². The summed E-state index contributed by atoms with van der Waals surface area (Å²) in [7, 11) is -4.06. The molecule has 10 heteroatoms. The molecule has 1 aromatic rings. The molecule has 1 rings (SSSR count). The second-order valence-corrected chi connectivity index (χ2v) is 5.43. The van der Waals surface area contributed by atoms with Gasteiger partial charge in [0.2, 0.25) is 10.0 Å². The third-order valence-corrected chi connectivity index (χ3v) is 3.38. The fourth-order valence-electron chi connectivity index (χ4n) is 0.895. The third-order valence-electron chi connectivity index (χ3n) is 1.81. The molecule has 3 N–H and O–H groups in total. The summed E-state index contributed by atoms with van der Waals surface area (Å²) in [6.45, 7) is -2.01. The van der Waals surface area contributed by atoms with E-state index in [-0.39, 0.29) is 22.3 Å². The van der Waals surface area contributed by atoms with Crippen molar-refractivity contribution in [1.29, 1.82) is 0 Å². The van der Waals surface area contributed by atoms with Crippen molar-refractivity contribution in [3.63, 3.8) is 0 Å². The average molecular weight is 322 g/mol. The molecule has 0 saturated carbocycles. The normalized spacial score (nSPS) is 12.0. The van der Waals surface area contributed by atoms with Gasteiger partial charge in [0.05, 0.1) is 18.1 Å². The Labute approximate surface area is 114 Å². The van der Waals surface area contributed by atoms with E-state index >= 15 is 0 Å². The van der Waals surface area contributed by atoms with Gasteiger partial charge >= 0.3 is 0 Å². The molecule has 0 aromatic carbocycles. The van der Waals surface area contributed by atoms with Crippen molar-refractivity contribution in [3.8, 4) is 0 Å². The predicted octanol–water partition coefficient (Wildman–Crippen LogP) is 1.03. The SMILES string of the molecule is Cl.NCC(F)(F)CNS(=O)(=O)c1cncc(Cl)c1. The van der Waals surface area contributed by atoms with Crippen LogP contribution in [0.4, 0.5) is 8.78 Å². The summed E-state index contributed by atoms with van der Waals surface area (Å²) in [4.78, 5) is 3.27. The Hall–Kier alpha value is -0.540. The first-order valence-corrected chi connectivity index (χ1v) is 6.31. The van der Waals surface area contributed by atoms with E-state index in [9.17, 15) is 17.2 Å². The van der Waals surface area contributed by atoms with Crippen LogP contribution < -0.4 is 10.5 Å². The quantitative estimate of drug-likeness (QED) is 0.848. The van der Waals surface area contributed by atoms with Crippen molar-refractivity contribution >= 4 is 34.0 Å². The Bertz CT molecular complexity index is 499. The van der Waals surface area contributed by atoms with E-state index in [0.29, 0.717) is 0 Å². The molecule has 0 fully saturated rings. The topological polar surface area (TPSA) is 85.1 Å². The van der Waals surface area contributed by atoms with Crippen LogP contribution in [0.1, 0.15) is 0 Å². The number of nitrogens with zero attached hydrogens (tertiary/aromatic N) is 1. The molecule has 0 aliphatic carbocycles. The number of rotatable bonds is 5. The monoisotopic (exact) mass is 321 g/mol. The number of hydrogen-bond acceptors (Lipinski definition) is 4. The van der Waals surface area contributed by atoms with Gasteiger partial charge in [0.1, 0.15) is 4.90 Å². The Kier molecular flexibility index (Phi) is 6.38. The summed E-state index contributed by atoms with van der Waals surface area (Å²) in [5, 5.41) is 0.0958.